The van der Waals surface area contributed by atoms with E-state index in [0.29, 0.717) is 6.54 Å². The van der Waals surface area contributed by atoms with Gasteiger partial charge in [0.05, 0.1) is 16.2 Å². The minimum Gasteiger partial charge on any atom is -0.326 e. The van der Waals surface area contributed by atoms with E-state index in [2.05, 4.69) is 10.2 Å². The van der Waals surface area contributed by atoms with Crippen molar-refractivity contribution in [3.8, 4) is 11.3 Å². The molecule has 0 aliphatic rings. The van der Waals surface area contributed by atoms with Crippen molar-refractivity contribution in [2.45, 2.75) is 6.54 Å². The Hall–Kier alpha value is -0.840. The Morgan fingerprint density at radius 1 is 1.62 bits per heavy atom. The summed E-state index contributed by atoms with van der Waals surface area (Å²) in [6, 6.07) is 1.90. The first-order valence-electron chi connectivity index (χ1n) is 3.78. The molecule has 0 aliphatic heterocycles. The number of rotatable bonds is 2. The van der Waals surface area contributed by atoms with Crippen molar-refractivity contribution in [3.63, 3.8) is 0 Å². The molecule has 13 heavy (non-hydrogen) atoms. The van der Waals surface area contributed by atoms with Crippen LogP contribution in [0.5, 0.6) is 0 Å². The first-order chi connectivity index (χ1) is 6.31. The molecule has 0 saturated carbocycles. The highest BCUT2D eigenvalue weighted by Crippen LogP contribution is 2.29. The molecular weight excluding hydrogens is 206 g/mol. The van der Waals surface area contributed by atoms with Crippen LogP contribution < -0.4 is 5.73 Å². The van der Waals surface area contributed by atoms with E-state index >= 15 is 0 Å². The largest absolute Gasteiger partial charge is 0.326 e. The van der Waals surface area contributed by atoms with Crippen molar-refractivity contribution in [2.75, 3.05) is 0 Å². The van der Waals surface area contributed by atoms with Crippen LogP contribution in [0, 0.1) is 0 Å². The number of hydrogen-bond donors (Lipinski definition) is 2. The van der Waals surface area contributed by atoms with E-state index in [9.17, 15) is 0 Å². The zero-order valence-electron chi connectivity index (χ0n) is 6.75. The summed E-state index contributed by atoms with van der Waals surface area (Å²) in [6.07, 6.45) is 1.74. The van der Waals surface area contributed by atoms with E-state index in [4.69, 9.17) is 17.3 Å². The van der Waals surface area contributed by atoms with Crippen LogP contribution in [0.3, 0.4) is 0 Å². The number of nitrogens with one attached hydrogen (secondary N) is 1. The van der Waals surface area contributed by atoms with E-state index in [1.807, 2.05) is 11.4 Å². The van der Waals surface area contributed by atoms with Crippen LogP contribution in [0.15, 0.2) is 17.6 Å². The van der Waals surface area contributed by atoms with Crippen molar-refractivity contribution in [2.24, 2.45) is 5.73 Å². The molecule has 2 aromatic heterocycles. The smallest absolute Gasteiger partial charge is 0.0935 e. The number of thiophene rings is 1. The maximum Gasteiger partial charge on any atom is 0.0935 e. The van der Waals surface area contributed by atoms with Gasteiger partial charge in [0, 0.05) is 23.1 Å². The van der Waals surface area contributed by atoms with Crippen LogP contribution in [-0.4, -0.2) is 10.2 Å². The first-order valence-corrected chi connectivity index (χ1v) is 5.03. The molecule has 0 saturated heterocycles. The van der Waals surface area contributed by atoms with Crippen LogP contribution >= 0.6 is 22.9 Å². The SMILES string of the molecule is NCc1cn[nH]c1-c1csc(Cl)c1. The van der Waals surface area contributed by atoms with Crippen molar-refractivity contribution >= 4 is 22.9 Å². The fourth-order valence-electron chi connectivity index (χ4n) is 1.16. The molecule has 2 heterocycles. The van der Waals surface area contributed by atoms with Gasteiger partial charge in [0.15, 0.2) is 0 Å². The number of halogens is 1. The predicted molar refractivity (Wildman–Crippen MR) is 54.8 cm³/mol. The summed E-state index contributed by atoms with van der Waals surface area (Å²) in [5.74, 6) is 0. The summed E-state index contributed by atoms with van der Waals surface area (Å²) in [5, 5.41) is 8.82. The molecule has 3 nitrogen and oxygen atoms in total. The third-order valence-corrected chi connectivity index (χ3v) is 2.89. The van der Waals surface area contributed by atoms with Crippen molar-refractivity contribution in [1.82, 2.24) is 10.2 Å². The first kappa shape index (κ1) is 8.74. The monoisotopic (exact) mass is 213 g/mol. The van der Waals surface area contributed by atoms with Crippen LogP contribution in [0.4, 0.5) is 0 Å². The van der Waals surface area contributed by atoms with Gasteiger partial charge >= 0.3 is 0 Å². The molecule has 0 atom stereocenters. The predicted octanol–water partition coefficient (Wildman–Crippen LogP) is 2.25. The molecule has 5 heteroatoms. The molecule has 2 rings (SSSR count). The average molecular weight is 214 g/mol. The number of nitrogens with zero attached hydrogens (tertiary/aromatic N) is 1. The Morgan fingerprint density at radius 2 is 2.46 bits per heavy atom. The lowest BCUT2D eigenvalue weighted by atomic mass is 10.1. The standard InChI is InChI=1S/C8H8ClN3S/c9-7-1-5(4-13-7)8-6(2-10)3-11-12-8/h1,3-4H,2,10H2,(H,11,12). The lowest BCUT2D eigenvalue weighted by Gasteiger charge is -1.95. The molecular formula is C8H8ClN3S. The van der Waals surface area contributed by atoms with E-state index in [1.54, 1.807) is 6.20 Å². The van der Waals surface area contributed by atoms with Crippen molar-refractivity contribution in [3.05, 3.63) is 27.5 Å². The Labute approximate surface area is 84.5 Å². The van der Waals surface area contributed by atoms with Gasteiger partial charge in [0.1, 0.15) is 0 Å². The molecule has 2 aromatic rings. The van der Waals surface area contributed by atoms with Crippen LogP contribution in [0.2, 0.25) is 4.34 Å². The van der Waals surface area contributed by atoms with Gasteiger partial charge in [-0.3, -0.25) is 5.10 Å². The highest BCUT2D eigenvalue weighted by atomic mass is 35.5. The van der Waals surface area contributed by atoms with E-state index < -0.39 is 0 Å². The van der Waals surface area contributed by atoms with Crippen LogP contribution in [0.1, 0.15) is 5.56 Å². The highest BCUT2D eigenvalue weighted by molar-refractivity contribution is 7.14. The molecule has 68 valence electrons. The summed E-state index contributed by atoms with van der Waals surface area (Å²) in [4.78, 5) is 0. The molecule has 0 aliphatic carbocycles. The van der Waals surface area contributed by atoms with Crippen molar-refractivity contribution < 1.29 is 0 Å². The number of H-pyrrole nitrogens is 1. The number of aromatic amines is 1. The van der Waals surface area contributed by atoms with Gasteiger partial charge in [0.2, 0.25) is 0 Å². The number of hydrogen-bond acceptors (Lipinski definition) is 3. The number of nitrogens with two attached hydrogens (primary N) is 1. The normalized spacial score (nSPS) is 10.6. The molecule has 0 fully saturated rings. The average Bonchev–Trinajstić information content (AvgIpc) is 2.71. The lowest BCUT2D eigenvalue weighted by molar-refractivity contribution is 1.08. The molecule has 0 spiro atoms. The summed E-state index contributed by atoms with van der Waals surface area (Å²) in [6.45, 7) is 0.485. The third kappa shape index (κ3) is 1.60. The quantitative estimate of drug-likeness (QED) is 0.804. The van der Waals surface area contributed by atoms with E-state index in [1.165, 1.54) is 11.3 Å². The van der Waals surface area contributed by atoms with Gasteiger partial charge in [-0.25, -0.2) is 0 Å². The van der Waals surface area contributed by atoms with Crippen LogP contribution in [-0.2, 0) is 6.54 Å². The van der Waals surface area contributed by atoms with Gasteiger partial charge in [0.25, 0.3) is 0 Å². The molecule has 0 unspecified atom stereocenters. The van der Waals surface area contributed by atoms with Gasteiger partial charge in [-0.1, -0.05) is 11.6 Å². The van der Waals surface area contributed by atoms with Gasteiger partial charge < -0.3 is 5.73 Å². The fourth-order valence-corrected chi connectivity index (χ4v) is 2.03. The molecule has 0 bridgehead atoms. The Morgan fingerprint density at radius 3 is 3.08 bits per heavy atom. The second kappa shape index (κ2) is 3.49. The zero-order chi connectivity index (χ0) is 9.26. The summed E-state index contributed by atoms with van der Waals surface area (Å²) in [7, 11) is 0. The minimum atomic E-state index is 0.485. The zero-order valence-corrected chi connectivity index (χ0v) is 8.32. The van der Waals surface area contributed by atoms with Crippen molar-refractivity contribution in [1.29, 1.82) is 0 Å². The molecule has 0 amide bonds. The molecule has 0 radical (unpaired) electrons. The van der Waals surface area contributed by atoms with E-state index in [0.717, 1.165) is 21.2 Å². The topological polar surface area (TPSA) is 54.7 Å². The Balaban J connectivity index is 2.45. The van der Waals surface area contributed by atoms with Gasteiger partial charge in [-0.15, -0.1) is 11.3 Å². The van der Waals surface area contributed by atoms with E-state index in [-0.39, 0.29) is 0 Å². The maximum absolute atomic E-state index is 5.83. The minimum absolute atomic E-state index is 0.485. The van der Waals surface area contributed by atoms with Gasteiger partial charge in [-0.2, -0.15) is 5.10 Å². The second-order valence-corrected chi connectivity index (χ2v) is 4.16. The van der Waals surface area contributed by atoms with Gasteiger partial charge in [-0.05, 0) is 6.07 Å². The Bertz CT molecular complexity index is 407. The second-order valence-electron chi connectivity index (χ2n) is 2.61. The highest BCUT2D eigenvalue weighted by Gasteiger charge is 2.07. The third-order valence-electron chi connectivity index (χ3n) is 1.79. The number of aromatic nitrogens is 2. The Kier molecular flexibility index (Phi) is 2.35. The fraction of sp³-hybridized carbons (Fsp3) is 0.125. The van der Waals surface area contributed by atoms with Crippen LogP contribution in [0.25, 0.3) is 11.3 Å². The summed E-state index contributed by atoms with van der Waals surface area (Å²) < 4.78 is 0.771. The molecule has 3 N–H and O–H groups in total. The summed E-state index contributed by atoms with van der Waals surface area (Å²) in [5.41, 5.74) is 8.57. The lowest BCUT2D eigenvalue weighted by Crippen LogP contribution is -1.95. The molecule has 0 aromatic carbocycles. The maximum atomic E-state index is 5.83. The summed E-state index contributed by atoms with van der Waals surface area (Å²) >= 11 is 7.32.